The maximum atomic E-state index is 11.9. The number of rotatable bonds is 7. The van der Waals surface area contributed by atoms with E-state index in [2.05, 4.69) is 20.7 Å². The molecule has 1 aromatic carbocycles. The number of hydrogen-bond donors (Lipinski definition) is 3. The topological polar surface area (TPSA) is 91.7 Å². The summed E-state index contributed by atoms with van der Waals surface area (Å²) in [6, 6.07) is 7.77. The maximum absolute atomic E-state index is 11.9. The molecule has 3 rings (SSSR count). The molecule has 2 heterocycles. The van der Waals surface area contributed by atoms with Crippen molar-refractivity contribution in [3.8, 4) is 11.4 Å². The summed E-state index contributed by atoms with van der Waals surface area (Å²) in [6.45, 7) is 5.12. The van der Waals surface area contributed by atoms with Gasteiger partial charge in [-0.1, -0.05) is 24.3 Å². The molecule has 9 heteroatoms. The van der Waals surface area contributed by atoms with Crippen LogP contribution in [-0.2, 0) is 9.53 Å². The van der Waals surface area contributed by atoms with Crippen LogP contribution in [0.25, 0.3) is 17.5 Å². The van der Waals surface area contributed by atoms with E-state index in [1.165, 1.54) is 6.08 Å². The molecule has 0 bridgehead atoms. The van der Waals surface area contributed by atoms with E-state index < -0.39 is 0 Å². The molecule has 0 radical (unpaired) electrons. The Morgan fingerprint density at radius 3 is 2.80 bits per heavy atom. The molecule has 8 nitrogen and oxygen atoms in total. The molecule has 0 aliphatic carbocycles. The van der Waals surface area contributed by atoms with Crippen molar-refractivity contribution in [2.24, 2.45) is 5.10 Å². The fourth-order valence-electron chi connectivity index (χ4n) is 3.03. The van der Waals surface area contributed by atoms with Crippen LogP contribution in [0, 0.1) is 0 Å². The highest BCUT2D eigenvalue weighted by molar-refractivity contribution is 7.80. The van der Waals surface area contributed by atoms with Crippen molar-refractivity contribution in [1.82, 2.24) is 20.7 Å². The lowest BCUT2D eigenvalue weighted by atomic mass is 10.1. The summed E-state index contributed by atoms with van der Waals surface area (Å²) in [6.07, 6.45) is 4.87. The number of carbonyl (C=O) groups excluding carboxylic acids is 1. The number of amides is 1. The predicted octanol–water partition coefficient (Wildman–Crippen LogP) is 1.97. The Morgan fingerprint density at radius 1 is 1.30 bits per heavy atom. The number of nitrogens with zero attached hydrogens (tertiary/aromatic N) is 4. The van der Waals surface area contributed by atoms with E-state index in [0.29, 0.717) is 49.3 Å². The van der Waals surface area contributed by atoms with Crippen molar-refractivity contribution in [3.63, 3.8) is 0 Å². The average molecular weight is 427 g/mol. The van der Waals surface area contributed by atoms with Crippen LogP contribution in [0.3, 0.4) is 0 Å². The molecule has 0 unspecified atom stereocenters. The molecular weight excluding hydrogens is 400 g/mol. The van der Waals surface area contributed by atoms with Gasteiger partial charge < -0.3 is 20.4 Å². The Labute approximate surface area is 181 Å². The number of ether oxygens (including phenoxy) is 1. The van der Waals surface area contributed by atoms with Crippen molar-refractivity contribution in [3.05, 3.63) is 41.6 Å². The lowest BCUT2D eigenvalue weighted by Crippen LogP contribution is -2.37. The van der Waals surface area contributed by atoms with Gasteiger partial charge in [-0.3, -0.25) is 4.79 Å². The van der Waals surface area contributed by atoms with Crippen LogP contribution in [-0.4, -0.2) is 62.0 Å². The number of hydrogen-bond acceptors (Lipinski definition) is 8. The van der Waals surface area contributed by atoms with Gasteiger partial charge in [0.05, 0.1) is 30.0 Å². The summed E-state index contributed by atoms with van der Waals surface area (Å²) in [5.74, 6) is 1.09. The zero-order valence-corrected chi connectivity index (χ0v) is 18.0. The first-order chi connectivity index (χ1) is 14.6. The Hall–Kier alpha value is -2.91. The van der Waals surface area contributed by atoms with E-state index in [0.717, 1.165) is 16.9 Å². The monoisotopic (exact) mass is 426 g/mol. The summed E-state index contributed by atoms with van der Waals surface area (Å²) in [5, 5.41) is 6.87. The molecular formula is C21H26N6O2S. The van der Waals surface area contributed by atoms with E-state index in [4.69, 9.17) is 27.3 Å². The summed E-state index contributed by atoms with van der Waals surface area (Å²) in [5.41, 5.74) is 5.06. The van der Waals surface area contributed by atoms with E-state index in [1.54, 1.807) is 19.3 Å². The third-order valence-corrected chi connectivity index (χ3v) is 4.91. The van der Waals surface area contributed by atoms with E-state index in [9.17, 15) is 4.79 Å². The Bertz CT molecular complexity index is 941. The second kappa shape index (κ2) is 10.7. The van der Waals surface area contributed by atoms with Gasteiger partial charge in [-0.2, -0.15) is 5.10 Å². The van der Waals surface area contributed by atoms with Crippen LogP contribution in [0.4, 0.5) is 5.82 Å². The number of nitrogens with one attached hydrogen (secondary N) is 2. The second-order valence-corrected chi connectivity index (χ2v) is 6.95. The molecule has 1 aliphatic heterocycles. The van der Waals surface area contributed by atoms with Crippen LogP contribution in [0.15, 0.2) is 40.3 Å². The number of thiol groups is 1. The minimum atomic E-state index is -0.181. The highest BCUT2D eigenvalue weighted by atomic mass is 32.1. The Morgan fingerprint density at radius 2 is 2.07 bits per heavy atom. The zero-order chi connectivity index (χ0) is 21.3. The van der Waals surface area contributed by atoms with Crippen LogP contribution in [0.1, 0.15) is 18.2 Å². The van der Waals surface area contributed by atoms with Gasteiger partial charge in [0, 0.05) is 43.9 Å². The summed E-state index contributed by atoms with van der Waals surface area (Å²) in [7, 11) is 1.74. The van der Waals surface area contributed by atoms with Gasteiger partial charge in [-0.15, -0.1) is 12.6 Å². The number of morpholine rings is 1. The van der Waals surface area contributed by atoms with Crippen LogP contribution in [0.2, 0.25) is 0 Å². The standard InChI is InChI=1S/C21H26N6O2S/c1-3-23-18(28)9-8-17-19(30)21(27-10-12-29-13-11-27)26-20(25-17)16-7-5-4-6-15(16)14-24-22-2/h4-9,14,22,30H,3,10-13H2,1-2H3,(H,23,28)/b9-8+,24-14-. The molecule has 1 fully saturated rings. The number of carbonyl (C=O) groups is 1. The number of benzene rings is 1. The van der Waals surface area contributed by atoms with E-state index >= 15 is 0 Å². The number of anilines is 1. The van der Waals surface area contributed by atoms with Gasteiger partial charge in [-0.25, -0.2) is 9.97 Å². The molecule has 1 aliphatic rings. The normalized spacial score (nSPS) is 14.4. The van der Waals surface area contributed by atoms with Gasteiger partial charge >= 0.3 is 0 Å². The third kappa shape index (κ3) is 5.37. The first-order valence-corrected chi connectivity index (χ1v) is 10.3. The number of hydrazone groups is 1. The van der Waals surface area contributed by atoms with Gasteiger partial charge in [0.2, 0.25) is 5.91 Å². The molecule has 2 aromatic rings. The van der Waals surface area contributed by atoms with Crippen molar-refractivity contribution >= 4 is 36.6 Å². The number of likely N-dealkylation sites (N-methyl/N-ethyl adjacent to an activating group) is 1. The van der Waals surface area contributed by atoms with Gasteiger partial charge in [-0.05, 0) is 13.0 Å². The highest BCUT2D eigenvalue weighted by Gasteiger charge is 2.20. The van der Waals surface area contributed by atoms with Crippen LogP contribution >= 0.6 is 12.6 Å². The third-order valence-electron chi connectivity index (χ3n) is 4.48. The Kier molecular flexibility index (Phi) is 7.81. The SMILES string of the molecule is CCNC(=O)/C=C/c1nc(-c2ccccc2/C=N\NC)nc(N2CCOCC2)c1S. The molecule has 158 valence electrons. The fraction of sp³-hybridized carbons (Fsp3) is 0.333. The smallest absolute Gasteiger partial charge is 0.244 e. The average Bonchev–Trinajstić information content (AvgIpc) is 2.78. The summed E-state index contributed by atoms with van der Waals surface area (Å²) < 4.78 is 5.47. The van der Waals surface area contributed by atoms with Gasteiger partial charge in [0.25, 0.3) is 0 Å². The maximum Gasteiger partial charge on any atom is 0.244 e. The van der Waals surface area contributed by atoms with Crippen LogP contribution < -0.4 is 15.6 Å². The molecule has 1 amide bonds. The quantitative estimate of drug-likeness (QED) is 0.271. The molecule has 30 heavy (non-hydrogen) atoms. The summed E-state index contributed by atoms with van der Waals surface area (Å²) >= 11 is 4.69. The molecule has 1 aromatic heterocycles. The van der Waals surface area contributed by atoms with Crippen molar-refractivity contribution in [1.29, 1.82) is 0 Å². The van der Waals surface area contributed by atoms with Crippen molar-refractivity contribution in [2.45, 2.75) is 11.8 Å². The summed E-state index contributed by atoms with van der Waals surface area (Å²) in [4.78, 5) is 24.2. The molecule has 0 spiro atoms. The van der Waals surface area contributed by atoms with E-state index in [1.807, 2.05) is 31.2 Å². The van der Waals surface area contributed by atoms with Gasteiger partial charge in [0.1, 0.15) is 5.82 Å². The van der Waals surface area contributed by atoms with E-state index in [-0.39, 0.29) is 5.91 Å². The fourth-order valence-corrected chi connectivity index (χ4v) is 3.34. The van der Waals surface area contributed by atoms with Crippen LogP contribution in [0.5, 0.6) is 0 Å². The number of aromatic nitrogens is 2. The lowest BCUT2D eigenvalue weighted by molar-refractivity contribution is -0.116. The highest BCUT2D eigenvalue weighted by Crippen LogP contribution is 2.30. The lowest BCUT2D eigenvalue weighted by Gasteiger charge is -2.29. The van der Waals surface area contributed by atoms with Gasteiger partial charge in [0.15, 0.2) is 5.82 Å². The van der Waals surface area contributed by atoms with Crippen molar-refractivity contribution < 1.29 is 9.53 Å². The first kappa shape index (κ1) is 21.8. The minimum absolute atomic E-state index is 0.181. The second-order valence-electron chi connectivity index (χ2n) is 6.50. The predicted molar refractivity (Wildman–Crippen MR) is 122 cm³/mol. The molecule has 0 atom stereocenters. The zero-order valence-electron chi connectivity index (χ0n) is 17.1. The first-order valence-electron chi connectivity index (χ1n) is 9.82. The molecule has 1 saturated heterocycles. The minimum Gasteiger partial charge on any atom is -0.378 e. The molecule has 0 saturated carbocycles. The molecule has 2 N–H and O–H groups in total. The van der Waals surface area contributed by atoms with Crippen molar-refractivity contribution in [2.75, 3.05) is 44.8 Å². The largest absolute Gasteiger partial charge is 0.378 e. The Balaban J connectivity index is 2.10.